The quantitative estimate of drug-likeness (QED) is 0.620. The summed E-state index contributed by atoms with van der Waals surface area (Å²) in [6.07, 6.45) is 1.57. The van der Waals surface area contributed by atoms with Crippen LogP contribution in [0.25, 0.3) is 0 Å². The van der Waals surface area contributed by atoms with Crippen molar-refractivity contribution in [3.63, 3.8) is 0 Å². The Labute approximate surface area is 125 Å². The molecule has 0 bridgehead atoms. The van der Waals surface area contributed by atoms with Gasteiger partial charge < -0.3 is 4.90 Å². The fourth-order valence-electron chi connectivity index (χ4n) is 2.06. The van der Waals surface area contributed by atoms with E-state index in [0.29, 0.717) is 16.8 Å². The Bertz CT molecular complexity index is 646. The summed E-state index contributed by atoms with van der Waals surface area (Å²) in [5, 5.41) is 11.2. The van der Waals surface area contributed by atoms with Gasteiger partial charge in [0, 0.05) is 29.0 Å². The van der Waals surface area contributed by atoms with E-state index in [-0.39, 0.29) is 5.69 Å². The molecule has 0 aliphatic carbocycles. The van der Waals surface area contributed by atoms with Gasteiger partial charge in [-0.3, -0.25) is 10.1 Å². The molecule has 104 valence electrons. The second-order valence-electron chi connectivity index (χ2n) is 4.28. The van der Waals surface area contributed by atoms with E-state index in [1.807, 2.05) is 43.0 Å². The Morgan fingerprint density at radius 1 is 1.40 bits per heavy atom. The lowest BCUT2D eigenvalue weighted by Crippen LogP contribution is -2.19. The lowest BCUT2D eigenvalue weighted by molar-refractivity contribution is -0.384. The van der Waals surface area contributed by atoms with Gasteiger partial charge in [-0.2, -0.15) is 0 Å². The molecular formula is C14H14BrN3O2. The monoisotopic (exact) mass is 335 g/mol. The third kappa shape index (κ3) is 2.80. The van der Waals surface area contributed by atoms with Crippen LogP contribution < -0.4 is 4.90 Å². The fourth-order valence-corrected chi connectivity index (χ4v) is 2.38. The Balaban J connectivity index is 2.58. The molecule has 0 aliphatic heterocycles. The van der Waals surface area contributed by atoms with Gasteiger partial charge in [0.05, 0.1) is 4.92 Å². The van der Waals surface area contributed by atoms with Gasteiger partial charge in [-0.25, -0.2) is 4.98 Å². The smallest absolute Gasteiger partial charge is 0.313 e. The van der Waals surface area contributed by atoms with Gasteiger partial charge >= 0.3 is 5.69 Å². The molecule has 0 radical (unpaired) electrons. The number of nitrogens with zero attached hydrogens (tertiary/aromatic N) is 3. The second-order valence-corrected chi connectivity index (χ2v) is 5.20. The minimum absolute atomic E-state index is 0.00974. The molecular weight excluding hydrogens is 322 g/mol. The maximum absolute atomic E-state index is 11.2. The number of benzene rings is 1. The van der Waals surface area contributed by atoms with Crippen molar-refractivity contribution in [3.8, 4) is 0 Å². The molecule has 0 aliphatic rings. The molecule has 0 amide bonds. The first-order valence-electron chi connectivity index (χ1n) is 6.17. The first-order valence-corrected chi connectivity index (χ1v) is 6.97. The summed E-state index contributed by atoms with van der Waals surface area (Å²) in [6.45, 7) is 4.52. The first-order chi connectivity index (χ1) is 9.54. The minimum Gasteiger partial charge on any atom is -0.321 e. The SMILES string of the molecule is CCN(c1ccccc1C)c1ncc(Br)cc1[N+](=O)[O-]. The van der Waals surface area contributed by atoms with Gasteiger partial charge in [0.15, 0.2) is 0 Å². The van der Waals surface area contributed by atoms with Crippen LogP contribution in [0.4, 0.5) is 17.2 Å². The molecule has 0 unspecified atom stereocenters. The fraction of sp³-hybridized carbons (Fsp3) is 0.214. The predicted molar refractivity (Wildman–Crippen MR) is 82.5 cm³/mol. The summed E-state index contributed by atoms with van der Waals surface area (Å²) in [4.78, 5) is 16.9. The normalized spacial score (nSPS) is 10.3. The molecule has 5 nitrogen and oxygen atoms in total. The van der Waals surface area contributed by atoms with Crippen LogP contribution in [0.15, 0.2) is 41.0 Å². The zero-order valence-electron chi connectivity index (χ0n) is 11.2. The van der Waals surface area contributed by atoms with Gasteiger partial charge in [0.2, 0.25) is 5.82 Å². The Hall–Kier alpha value is -1.95. The van der Waals surface area contributed by atoms with E-state index in [1.54, 1.807) is 6.20 Å². The van der Waals surface area contributed by atoms with Crippen molar-refractivity contribution in [1.82, 2.24) is 4.98 Å². The molecule has 0 saturated heterocycles. The van der Waals surface area contributed by atoms with Crippen LogP contribution in [0.2, 0.25) is 0 Å². The van der Waals surface area contributed by atoms with Crippen molar-refractivity contribution in [2.75, 3.05) is 11.4 Å². The maximum atomic E-state index is 11.2. The van der Waals surface area contributed by atoms with E-state index in [2.05, 4.69) is 20.9 Å². The molecule has 2 rings (SSSR count). The Kier molecular flexibility index (Phi) is 4.34. The highest BCUT2D eigenvalue weighted by Crippen LogP contribution is 2.34. The van der Waals surface area contributed by atoms with Gasteiger partial charge in [-0.15, -0.1) is 0 Å². The van der Waals surface area contributed by atoms with Crippen LogP contribution in [0.1, 0.15) is 12.5 Å². The zero-order chi connectivity index (χ0) is 14.7. The number of hydrogen-bond acceptors (Lipinski definition) is 4. The summed E-state index contributed by atoms with van der Waals surface area (Å²) in [6, 6.07) is 9.24. The third-order valence-corrected chi connectivity index (χ3v) is 3.42. The number of pyridine rings is 1. The first kappa shape index (κ1) is 14.5. The lowest BCUT2D eigenvalue weighted by Gasteiger charge is -2.23. The highest BCUT2D eigenvalue weighted by atomic mass is 79.9. The van der Waals surface area contributed by atoms with Crippen molar-refractivity contribution in [2.24, 2.45) is 0 Å². The molecule has 0 saturated carbocycles. The van der Waals surface area contributed by atoms with Gasteiger partial charge in [-0.05, 0) is 41.4 Å². The molecule has 1 aromatic carbocycles. The number of para-hydroxylation sites is 1. The summed E-state index contributed by atoms with van der Waals surface area (Å²) in [5.74, 6) is 0.356. The number of halogens is 1. The molecule has 20 heavy (non-hydrogen) atoms. The van der Waals surface area contributed by atoms with E-state index in [9.17, 15) is 10.1 Å². The second kappa shape index (κ2) is 6.00. The molecule has 0 atom stereocenters. The summed E-state index contributed by atoms with van der Waals surface area (Å²) in [7, 11) is 0. The maximum Gasteiger partial charge on any atom is 0.313 e. The van der Waals surface area contributed by atoms with E-state index >= 15 is 0 Å². The van der Waals surface area contributed by atoms with Crippen LogP contribution in [0.5, 0.6) is 0 Å². The number of aromatic nitrogens is 1. The number of aryl methyl sites for hydroxylation is 1. The van der Waals surface area contributed by atoms with E-state index in [0.717, 1.165) is 11.3 Å². The van der Waals surface area contributed by atoms with Crippen LogP contribution in [-0.2, 0) is 0 Å². The number of hydrogen-bond donors (Lipinski definition) is 0. The number of nitro groups is 1. The molecule has 0 spiro atoms. The molecule has 1 heterocycles. The highest BCUT2D eigenvalue weighted by molar-refractivity contribution is 9.10. The number of anilines is 2. The van der Waals surface area contributed by atoms with Crippen molar-refractivity contribution in [1.29, 1.82) is 0 Å². The zero-order valence-corrected chi connectivity index (χ0v) is 12.8. The van der Waals surface area contributed by atoms with Crippen molar-refractivity contribution < 1.29 is 4.92 Å². The molecule has 0 fully saturated rings. The Morgan fingerprint density at radius 2 is 2.10 bits per heavy atom. The summed E-state index contributed by atoms with van der Waals surface area (Å²) in [5.41, 5.74) is 1.96. The average molecular weight is 336 g/mol. The third-order valence-electron chi connectivity index (χ3n) is 2.99. The van der Waals surface area contributed by atoms with Gasteiger partial charge in [0.25, 0.3) is 0 Å². The standard InChI is InChI=1S/C14H14BrN3O2/c1-3-17(12-7-5-4-6-10(12)2)14-13(18(19)20)8-11(15)9-16-14/h4-9H,3H2,1-2H3. The molecule has 2 aromatic rings. The van der Waals surface area contributed by atoms with Crippen LogP contribution >= 0.6 is 15.9 Å². The highest BCUT2D eigenvalue weighted by Gasteiger charge is 2.22. The average Bonchev–Trinajstić information content (AvgIpc) is 2.42. The molecule has 0 N–H and O–H groups in total. The van der Waals surface area contributed by atoms with E-state index in [1.165, 1.54) is 6.07 Å². The van der Waals surface area contributed by atoms with Crippen LogP contribution in [0.3, 0.4) is 0 Å². The van der Waals surface area contributed by atoms with Crippen molar-refractivity contribution >= 4 is 33.1 Å². The summed E-state index contributed by atoms with van der Waals surface area (Å²) < 4.78 is 0.591. The van der Waals surface area contributed by atoms with Gasteiger partial charge in [0.1, 0.15) is 0 Å². The predicted octanol–water partition coefficient (Wildman–Crippen LogP) is 4.22. The lowest BCUT2D eigenvalue weighted by atomic mass is 10.1. The van der Waals surface area contributed by atoms with E-state index in [4.69, 9.17) is 0 Å². The molecule has 1 aromatic heterocycles. The number of rotatable bonds is 4. The molecule has 6 heteroatoms. The Morgan fingerprint density at radius 3 is 2.70 bits per heavy atom. The van der Waals surface area contributed by atoms with Crippen LogP contribution in [0, 0.1) is 17.0 Å². The van der Waals surface area contributed by atoms with E-state index < -0.39 is 4.92 Å². The summed E-state index contributed by atoms with van der Waals surface area (Å²) >= 11 is 3.22. The largest absolute Gasteiger partial charge is 0.321 e. The van der Waals surface area contributed by atoms with Crippen LogP contribution in [-0.4, -0.2) is 16.5 Å². The van der Waals surface area contributed by atoms with Gasteiger partial charge in [-0.1, -0.05) is 18.2 Å². The topological polar surface area (TPSA) is 59.3 Å². The minimum atomic E-state index is -0.409. The van der Waals surface area contributed by atoms with Crippen molar-refractivity contribution in [3.05, 3.63) is 56.7 Å². The van der Waals surface area contributed by atoms with Crippen molar-refractivity contribution in [2.45, 2.75) is 13.8 Å².